The van der Waals surface area contributed by atoms with Crippen molar-refractivity contribution in [3.8, 4) is 62.1 Å². The Morgan fingerprint density at radius 2 is 0.944 bits per heavy atom. The van der Waals surface area contributed by atoms with Crippen LogP contribution in [-0.2, 0) is 0 Å². The first-order valence-corrected chi connectivity index (χ1v) is 18.2. The summed E-state index contributed by atoms with van der Waals surface area (Å²) in [5, 5.41) is 7.08. The molecular formula is C49H28N4O. The minimum Gasteiger partial charge on any atom is -0.456 e. The van der Waals surface area contributed by atoms with Crippen molar-refractivity contribution in [2.45, 2.75) is 0 Å². The van der Waals surface area contributed by atoms with Gasteiger partial charge in [-0.1, -0.05) is 133 Å². The molecule has 3 aromatic heterocycles. The second-order valence-corrected chi connectivity index (χ2v) is 14.0. The van der Waals surface area contributed by atoms with Gasteiger partial charge in [0.2, 0.25) is 5.95 Å². The Labute approximate surface area is 309 Å². The minimum atomic E-state index is 0.582. The van der Waals surface area contributed by atoms with Gasteiger partial charge < -0.3 is 4.42 Å². The molecule has 0 fully saturated rings. The van der Waals surface area contributed by atoms with Crippen LogP contribution in [0.1, 0.15) is 0 Å². The third-order valence-electron chi connectivity index (χ3n) is 11.0. The van der Waals surface area contributed by atoms with Crippen molar-refractivity contribution in [3.63, 3.8) is 0 Å². The molecule has 0 bridgehead atoms. The third kappa shape index (κ3) is 4.18. The minimum absolute atomic E-state index is 0.582. The van der Waals surface area contributed by atoms with Gasteiger partial charge in [-0.2, -0.15) is 9.97 Å². The molecule has 5 heteroatoms. The van der Waals surface area contributed by atoms with Crippen LogP contribution in [0.25, 0.3) is 117 Å². The number of hydrogen-bond acceptors (Lipinski definition) is 4. The Hall–Kier alpha value is -7.37. The first-order valence-electron chi connectivity index (χ1n) is 18.2. The van der Waals surface area contributed by atoms with Crippen LogP contribution in [0, 0.1) is 0 Å². The van der Waals surface area contributed by atoms with E-state index < -0.39 is 0 Å². The van der Waals surface area contributed by atoms with Crippen LogP contribution in [0.5, 0.6) is 0 Å². The SMILES string of the molecule is c1ccc(-c2nc(-c3ccccc3)nc(-n3c4ccccc4c4cc(-c5ccc6oc7cc8c9c(cccc9c7c6c5)-c5ccccc5-8)ccc43)n2)cc1. The second-order valence-electron chi connectivity index (χ2n) is 14.0. The molecule has 8 aromatic carbocycles. The average molecular weight is 689 g/mol. The van der Waals surface area contributed by atoms with E-state index in [0.717, 1.165) is 66.0 Å². The molecule has 0 amide bonds. The van der Waals surface area contributed by atoms with Crippen LogP contribution >= 0.6 is 0 Å². The van der Waals surface area contributed by atoms with Gasteiger partial charge in [-0.15, -0.1) is 0 Å². The lowest BCUT2D eigenvalue weighted by molar-refractivity contribution is 0.669. The van der Waals surface area contributed by atoms with Gasteiger partial charge in [-0.05, 0) is 80.6 Å². The Balaban J connectivity index is 1.05. The van der Waals surface area contributed by atoms with Gasteiger partial charge in [0.05, 0.1) is 11.0 Å². The van der Waals surface area contributed by atoms with Crippen molar-refractivity contribution in [2.75, 3.05) is 0 Å². The van der Waals surface area contributed by atoms with Crippen molar-refractivity contribution in [1.82, 2.24) is 19.5 Å². The van der Waals surface area contributed by atoms with Gasteiger partial charge in [0, 0.05) is 32.7 Å². The fourth-order valence-electron chi connectivity index (χ4n) is 8.58. The second kappa shape index (κ2) is 11.1. The van der Waals surface area contributed by atoms with Gasteiger partial charge in [0.1, 0.15) is 11.2 Å². The highest BCUT2D eigenvalue weighted by Gasteiger charge is 2.25. The largest absolute Gasteiger partial charge is 0.456 e. The lowest BCUT2D eigenvalue weighted by atomic mass is 9.96. The van der Waals surface area contributed by atoms with Gasteiger partial charge in [0.15, 0.2) is 11.6 Å². The molecule has 54 heavy (non-hydrogen) atoms. The fourth-order valence-corrected chi connectivity index (χ4v) is 8.58. The van der Waals surface area contributed by atoms with Crippen LogP contribution in [0.2, 0.25) is 0 Å². The maximum atomic E-state index is 6.57. The molecule has 0 unspecified atom stereocenters. The lowest BCUT2D eigenvalue weighted by Gasteiger charge is -2.11. The van der Waals surface area contributed by atoms with E-state index >= 15 is 0 Å². The summed E-state index contributed by atoms with van der Waals surface area (Å²) in [6.07, 6.45) is 0. The third-order valence-corrected chi connectivity index (χ3v) is 11.0. The molecule has 3 heterocycles. The number of para-hydroxylation sites is 1. The maximum Gasteiger partial charge on any atom is 0.238 e. The summed E-state index contributed by atoms with van der Waals surface area (Å²) in [7, 11) is 0. The first kappa shape index (κ1) is 29.2. The standard InChI is InChI=1S/C49H28N4O/c1-3-12-29(13-4-1)47-50-48(30-14-5-2-6-15-30)52-49(51-47)53-41-21-10-9-18-35(41)38-26-31(22-24-42(38)53)32-23-25-43-40(27-32)46-37-20-11-19-36-33-16-7-8-17-34(33)39(45(36)37)28-44(46)54-43/h1-28H. The van der Waals surface area contributed by atoms with E-state index in [1.54, 1.807) is 0 Å². The van der Waals surface area contributed by atoms with Crippen molar-refractivity contribution < 1.29 is 4.42 Å². The van der Waals surface area contributed by atoms with Crippen LogP contribution in [0.4, 0.5) is 0 Å². The Morgan fingerprint density at radius 1 is 0.352 bits per heavy atom. The van der Waals surface area contributed by atoms with E-state index in [1.165, 1.54) is 33.0 Å². The van der Waals surface area contributed by atoms with Crippen LogP contribution in [0.3, 0.4) is 0 Å². The number of aromatic nitrogens is 4. The smallest absolute Gasteiger partial charge is 0.238 e. The summed E-state index contributed by atoms with van der Waals surface area (Å²) in [5.41, 5.74) is 13.1. The van der Waals surface area contributed by atoms with Crippen LogP contribution < -0.4 is 0 Å². The maximum absolute atomic E-state index is 6.57. The number of rotatable bonds is 4. The normalized spacial score (nSPS) is 12.1. The van der Waals surface area contributed by atoms with E-state index in [2.05, 4.69) is 114 Å². The molecule has 0 atom stereocenters. The van der Waals surface area contributed by atoms with Gasteiger partial charge in [-0.25, -0.2) is 4.98 Å². The monoisotopic (exact) mass is 688 g/mol. The molecule has 11 aromatic rings. The molecule has 0 N–H and O–H groups in total. The molecule has 1 aliphatic carbocycles. The zero-order valence-electron chi connectivity index (χ0n) is 28.9. The highest BCUT2D eigenvalue weighted by molar-refractivity contribution is 6.28. The molecule has 0 saturated carbocycles. The molecule has 0 aliphatic heterocycles. The molecule has 0 spiro atoms. The Kier molecular flexibility index (Phi) is 5.99. The number of hydrogen-bond donors (Lipinski definition) is 0. The predicted octanol–water partition coefficient (Wildman–Crippen LogP) is 12.7. The summed E-state index contributed by atoms with van der Waals surface area (Å²) < 4.78 is 8.74. The highest BCUT2D eigenvalue weighted by Crippen LogP contribution is 2.51. The summed E-state index contributed by atoms with van der Waals surface area (Å²) in [5.74, 6) is 1.85. The number of fused-ring (bicyclic) bond motifs is 10. The fraction of sp³-hybridized carbons (Fsp3) is 0. The quantitative estimate of drug-likeness (QED) is 0.185. The lowest BCUT2D eigenvalue weighted by Crippen LogP contribution is -2.06. The van der Waals surface area contributed by atoms with Gasteiger partial charge in [-0.3, -0.25) is 4.57 Å². The average Bonchev–Trinajstić information content (AvgIpc) is 3.89. The molecule has 12 rings (SSSR count). The van der Waals surface area contributed by atoms with Crippen molar-refractivity contribution in [2.24, 2.45) is 0 Å². The zero-order chi connectivity index (χ0) is 35.3. The number of furan rings is 1. The molecular weight excluding hydrogens is 661 g/mol. The summed E-state index contributed by atoms with van der Waals surface area (Å²) in [6.45, 7) is 0. The van der Waals surface area contributed by atoms with E-state index in [4.69, 9.17) is 19.4 Å². The Morgan fingerprint density at radius 3 is 1.70 bits per heavy atom. The Bertz CT molecular complexity index is 3270. The van der Waals surface area contributed by atoms with Gasteiger partial charge in [0.25, 0.3) is 0 Å². The van der Waals surface area contributed by atoms with Gasteiger partial charge >= 0.3 is 0 Å². The first-order chi connectivity index (χ1) is 26.8. The topological polar surface area (TPSA) is 56.7 Å². The van der Waals surface area contributed by atoms with Crippen LogP contribution in [0.15, 0.2) is 174 Å². The molecule has 250 valence electrons. The summed E-state index contributed by atoms with van der Waals surface area (Å²) >= 11 is 0. The molecule has 1 aliphatic rings. The predicted molar refractivity (Wildman–Crippen MR) is 220 cm³/mol. The van der Waals surface area contributed by atoms with Crippen molar-refractivity contribution >= 4 is 54.5 Å². The number of nitrogens with zero attached hydrogens (tertiary/aromatic N) is 4. The highest BCUT2D eigenvalue weighted by atomic mass is 16.3. The van der Waals surface area contributed by atoms with E-state index in [1.807, 2.05) is 60.7 Å². The summed E-state index contributed by atoms with van der Waals surface area (Å²) in [4.78, 5) is 15.1. The van der Waals surface area contributed by atoms with E-state index in [-0.39, 0.29) is 0 Å². The molecule has 0 radical (unpaired) electrons. The van der Waals surface area contributed by atoms with Crippen molar-refractivity contribution in [1.29, 1.82) is 0 Å². The summed E-state index contributed by atoms with van der Waals surface area (Å²) in [6, 6.07) is 59.6. The van der Waals surface area contributed by atoms with E-state index in [0.29, 0.717) is 17.6 Å². The molecule has 5 nitrogen and oxygen atoms in total. The number of benzene rings is 8. The van der Waals surface area contributed by atoms with Crippen molar-refractivity contribution in [3.05, 3.63) is 170 Å². The van der Waals surface area contributed by atoms with E-state index in [9.17, 15) is 0 Å². The zero-order valence-corrected chi connectivity index (χ0v) is 28.9. The molecule has 0 saturated heterocycles. The van der Waals surface area contributed by atoms with Crippen LogP contribution in [-0.4, -0.2) is 19.5 Å².